The summed E-state index contributed by atoms with van der Waals surface area (Å²) in [6.45, 7) is 1.42. The summed E-state index contributed by atoms with van der Waals surface area (Å²) in [5, 5.41) is 18.2. The highest BCUT2D eigenvalue weighted by Crippen LogP contribution is 2.30. The standard InChI is InChI=1S/C12H11F3N6O3S/c1-6(25-11-19-18-10(20(11)16)12(13,14)15)9(22)17-7-3-2-4-8(5-7)21(23)24/h2-6H,16H2,1H3,(H,17,22). The molecule has 13 heteroatoms. The zero-order valence-electron chi connectivity index (χ0n) is 12.5. The van der Waals surface area contributed by atoms with Crippen molar-refractivity contribution < 1.29 is 22.9 Å². The zero-order chi connectivity index (χ0) is 18.8. The van der Waals surface area contributed by atoms with Crippen LogP contribution in [0.15, 0.2) is 29.4 Å². The largest absolute Gasteiger partial charge is 0.453 e. The summed E-state index contributed by atoms with van der Waals surface area (Å²) >= 11 is 0.663. The summed E-state index contributed by atoms with van der Waals surface area (Å²) in [7, 11) is 0. The molecule has 0 bridgehead atoms. The second-order valence-corrected chi connectivity index (χ2v) is 6.04. The summed E-state index contributed by atoms with van der Waals surface area (Å²) in [6.07, 6.45) is -4.77. The average Bonchev–Trinajstić information content (AvgIpc) is 2.88. The molecule has 1 atom stereocenters. The number of rotatable bonds is 5. The van der Waals surface area contributed by atoms with Crippen LogP contribution in [0.4, 0.5) is 24.5 Å². The minimum atomic E-state index is -4.77. The summed E-state index contributed by atoms with van der Waals surface area (Å²) in [5.74, 6) is 3.30. The van der Waals surface area contributed by atoms with Gasteiger partial charge in [-0.15, -0.1) is 10.2 Å². The maximum Gasteiger partial charge on any atom is 0.453 e. The number of hydrogen-bond donors (Lipinski definition) is 2. The van der Waals surface area contributed by atoms with Gasteiger partial charge in [-0.2, -0.15) is 13.2 Å². The molecule has 0 fully saturated rings. The fraction of sp³-hybridized carbons (Fsp3) is 0.250. The van der Waals surface area contributed by atoms with Crippen LogP contribution in [0.1, 0.15) is 12.7 Å². The van der Waals surface area contributed by atoms with Crippen LogP contribution >= 0.6 is 11.8 Å². The van der Waals surface area contributed by atoms with Crippen molar-refractivity contribution in [3.05, 3.63) is 40.2 Å². The van der Waals surface area contributed by atoms with E-state index in [1.165, 1.54) is 25.1 Å². The Bertz CT molecular complexity index is 810. The number of amides is 1. The highest BCUT2D eigenvalue weighted by molar-refractivity contribution is 8.00. The number of nitrogens with zero attached hydrogens (tertiary/aromatic N) is 4. The van der Waals surface area contributed by atoms with Gasteiger partial charge in [-0.25, -0.2) is 4.68 Å². The highest BCUT2D eigenvalue weighted by Gasteiger charge is 2.38. The van der Waals surface area contributed by atoms with Gasteiger partial charge in [-0.3, -0.25) is 14.9 Å². The van der Waals surface area contributed by atoms with E-state index in [0.29, 0.717) is 11.8 Å². The van der Waals surface area contributed by atoms with E-state index in [4.69, 9.17) is 5.84 Å². The molecule has 1 unspecified atom stereocenters. The third kappa shape index (κ3) is 4.37. The number of anilines is 1. The lowest BCUT2D eigenvalue weighted by Crippen LogP contribution is -2.25. The van der Waals surface area contributed by atoms with Crippen molar-refractivity contribution in [1.82, 2.24) is 14.9 Å². The first kappa shape index (κ1) is 18.5. The smallest absolute Gasteiger partial charge is 0.335 e. The van der Waals surface area contributed by atoms with Crippen molar-refractivity contribution in [2.24, 2.45) is 0 Å². The van der Waals surface area contributed by atoms with Gasteiger partial charge in [-0.1, -0.05) is 17.8 Å². The second kappa shape index (κ2) is 6.96. The van der Waals surface area contributed by atoms with Crippen LogP contribution in [0.5, 0.6) is 0 Å². The predicted molar refractivity (Wildman–Crippen MR) is 82.2 cm³/mol. The van der Waals surface area contributed by atoms with Gasteiger partial charge in [0, 0.05) is 17.8 Å². The van der Waals surface area contributed by atoms with Crippen molar-refractivity contribution in [3.63, 3.8) is 0 Å². The molecule has 0 aliphatic heterocycles. The molecule has 0 aliphatic rings. The van der Waals surface area contributed by atoms with Gasteiger partial charge in [0.25, 0.3) is 11.5 Å². The first-order chi connectivity index (χ1) is 11.6. The van der Waals surface area contributed by atoms with Gasteiger partial charge < -0.3 is 11.2 Å². The number of alkyl halides is 3. The molecule has 1 aromatic carbocycles. The van der Waals surface area contributed by atoms with E-state index in [2.05, 4.69) is 15.5 Å². The average molecular weight is 376 g/mol. The van der Waals surface area contributed by atoms with Gasteiger partial charge in [0.05, 0.1) is 10.2 Å². The Morgan fingerprint density at radius 1 is 1.44 bits per heavy atom. The number of nitrogens with one attached hydrogen (secondary N) is 1. The number of benzene rings is 1. The number of nitrogens with two attached hydrogens (primary N) is 1. The molecule has 0 saturated carbocycles. The fourth-order valence-electron chi connectivity index (χ4n) is 1.70. The molecular formula is C12H11F3N6O3S. The number of nitro groups is 1. The molecule has 2 aromatic rings. The number of hydrogen-bond acceptors (Lipinski definition) is 7. The lowest BCUT2D eigenvalue weighted by Gasteiger charge is -2.11. The van der Waals surface area contributed by atoms with Crippen LogP contribution in [0.25, 0.3) is 0 Å². The normalized spacial score (nSPS) is 12.6. The molecule has 1 aromatic heterocycles. The molecule has 9 nitrogen and oxygen atoms in total. The topological polar surface area (TPSA) is 129 Å². The van der Waals surface area contributed by atoms with Crippen LogP contribution in [0.3, 0.4) is 0 Å². The predicted octanol–water partition coefficient (Wildman–Crippen LogP) is 2.04. The van der Waals surface area contributed by atoms with E-state index in [1.54, 1.807) is 0 Å². The Balaban J connectivity index is 2.07. The quantitative estimate of drug-likeness (QED) is 0.353. The van der Waals surface area contributed by atoms with Gasteiger partial charge in [0.1, 0.15) is 0 Å². The molecule has 134 valence electrons. The van der Waals surface area contributed by atoms with Crippen LogP contribution in [-0.2, 0) is 11.0 Å². The van der Waals surface area contributed by atoms with Gasteiger partial charge in [0.2, 0.25) is 11.1 Å². The van der Waals surface area contributed by atoms with E-state index >= 15 is 0 Å². The van der Waals surface area contributed by atoms with Crippen molar-refractivity contribution in [2.45, 2.75) is 23.5 Å². The van der Waals surface area contributed by atoms with Gasteiger partial charge >= 0.3 is 6.18 Å². The molecule has 3 N–H and O–H groups in total. The third-order valence-electron chi connectivity index (χ3n) is 2.89. The van der Waals surface area contributed by atoms with E-state index in [9.17, 15) is 28.1 Å². The Kier molecular flexibility index (Phi) is 5.15. The monoisotopic (exact) mass is 376 g/mol. The van der Waals surface area contributed by atoms with Crippen LogP contribution in [0.2, 0.25) is 0 Å². The van der Waals surface area contributed by atoms with E-state index < -0.39 is 28.1 Å². The number of aromatic nitrogens is 3. The Morgan fingerprint density at radius 3 is 2.68 bits per heavy atom. The van der Waals surface area contributed by atoms with Gasteiger partial charge in [-0.05, 0) is 13.0 Å². The van der Waals surface area contributed by atoms with E-state index in [0.717, 1.165) is 6.07 Å². The Morgan fingerprint density at radius 2 is 2.12 bits per heavy atom. The molecule has 25 heavy (non-hydrogen) atoms. The number of nitro benzene ring substituents is 1. The minimum Gasteiger partial charge on any atom is -0.335 e. The summed E-state index contributed by atoms with van der Waals surface area (Å²) in [6, 6.07) is 5.24. The number of nitrogen functional groups attached to an aromatic ring is 1. The molecule has 0 aliphatic carbocycles. The molecule has 1 amide bonds. The maximum atomic E-state index is 12.6. The number of thioether (sulfide) groups is 1. The van der Waals surface area contributed by atoms with E-state index in [1.807, 2.05) is 0 Å². The highest BCUT2D eigenvalue weighted by atomic mass is 32.2. The molecule has 2 rings (SSSR count). The molecular weight excluding hydrogens is 365 g/mol. The second-order valence-electron chi connectivity index (χ2n) is 4.73. The van der Waals surface area contributed by atoms with Crippen LogP contribution < -0.4 is 11.2 Å². The van der Waals surface area contributed by atoms with Crippen molar-refractivity contribution >= 4 is 29.0 Å². The minimum absolute atomic E-state index is 0.178. The first-order valence-electron chi connectivity index (χ1n) is 6.59. The number of carbonyl (C=O) groups is 1. The van der Waals surface area contributed by atoms with Crippen molar-refractivity contribution in [3.8, 4) is 0 Å². The number of halogens is 3. The van der Waals surface area contributed by atoms with Crippen molar-refractivity contribution in [2.75, 3.05) is 11.2 Å². The molecule has 0 spiro atoms. The SMILES string of the molecule is CC(Sc1nnc(C(F)(F)F)n1N)C(=O)Nc1cccc([N+](=O)[O-])c1. The van der Waals surface area contributed by atoms with Gasteiger partial charge in [0.15, 0.2) is 0 Å². The maximum absolute atomic E-state index is 12.6. The molecule has 0 saturated heterocycles. The van der Waals surface area contributed by atoms with E-state index in [-0.39, 0.29) is 21.2 Å². The summed E-state index contributed by atoms with van der Waals surface area (Å²) in [5.41, 5.74) is -0.0357. The third-order valence-corrected chi connectivity index (χ3v) is 3.95. The van der Waals surface area contributed by atoms with Crippen LogP contribution in [0, 0.1) is 10.1 Å². The number of carbonyl (C=O) groups excluding carboxylic acids is 1. The van der Waals surface area contributed by atoms with Crippen molar-refractivity contribution in [1.29, 1.82) is 0 Å². The van der Waals surface area contributed by atoms with Crippen LogP contribution in [-0.4, -0.2) is 31.0 Å². The zero-order valence-corrected chi connectivity index (χ0v) is 13.3. The first-order valence-corrected chi connectivity index (χ1v) is 7.47. The molecule has 1 heterocycles. The lowest BCUT2D eigenvalue weighted by molar-refractivity contribution is -0.384. The lowest BCUT2D eigenvalue weighted by atomic mass is 10.2. The summed E-state index contributed by atoms with van der Waals surface area (Å²) in [4.78, 5) is 22.2. The summed E-state index contributed by atoms with van der Waals surface area (Å²) < 4.78 is 38.1. The Labute approximate surface area is 142 Å². The molecule has 0 radical (unpaired) electrons. The fourth-order valence-corrected chi connectivity index (χ4v) is 2.47. The number of non-ortho nitro benzene ring substituents is 1. The Hall–Kier alpha value is -2.83.